The van der Waals surface area contributed by atoms with Crippen molar-refractivity contribution in [1.82, 2.24) is 9.78 Å². The van der Waals surface area contributed by atoms with Crippen LogP contribution in [-0.4, -0.2) is 9.78 Å². The SMILES string of the molecule is CC(C)n1nccc1-c1ccc(OCc2ccccc2)c(N)c1. The number of hydrogen-bond donors (Lipinski definition) is 1. The molecule has 2 N–H and O–H groups in total. The number of anilines is 1. The maximum absolute atomic E-state index is 6.16. The maximum Gasteiger partial charge on any atom is 0.142 e. The van der Waals surface area contributed by atoms with Crippen LogP contribution in [-0.2, 0) is 6.61 Å². The molecule has 0 spiro atoms. The second-order valence-corrected chi connectivity index (χ2v) is 5.78. The minimum absolute atomic E-state index is 0.301. The summed E-state index contributed by atoms with van der Waals surface area (Å²) in [5.41, 5.74) is 10.0. The number of nitrogens with zero attached hydrogens (tertiary/aromatic N) is 2. The van der Waals surface area contributed by atoms with Crippen molar-refractivity contribution in [3.63, 3.8) is 0 Å². The Kier molecular flexibility index (Phi) is 4.33. The maximum atomic E-state index is 6.16. The quantitative estimate of drug-likeness (QED) is 0.715. The van der Waals surface area contributed by atoms with Gasteiger partial charge in [-0.1, -0.05) is 30.3 Å². The lowest BCUT2D eigenvalue weighted by Crippen LogP contribution is -2.05. The molecule has 118 valence electrons. The number of benzene rings is 2. The molecule has 4 heteroatoms. The number of nitrogens with two attached hydrogens (primary N) is 1. The van der Waals surface area contributed by atoms with Crippen LogP contribution in [0.15, 0.2) is 60.8 Å². The van der Waals surface area contributed by atoms with Gasteiger partial charge in [0.2, 0.25) is 0 Å². The molecule has 0 fully saturated rings. The molecule has 0 radical (unpaired) electrons. The molecule has 1 aromatic heterocycles. The van der Waals surface area contributed by atoms with Gasteiger partial charge in [0.15, 0.2) is 0 Å². The summed E-state index contributed by atoms with van der Waals surface area (Å²) in [6, 6.07) is 18.2. The molecule has 0 unspecified atom stereocenters. The second-order valence-electron chi connectivity index (χ2n) is 5.78. The van der Waals surface area contributed by atoms with Crippen LogP contribution in [0.2, 0.25) is 0 Å². The summed E-state index contributed by atoms with van der Waals surface area (Å²) in [5, 5.41) is 4.36. The normalized spacial score (nSPS) is 10.9. The van der Waals surface area contributed by atoms with Crippen LogP contribution < -0.4 is 10.5 Å². The van der Waals surface area contributed by atoms with Gasteiger partial charge < -0.3 is 10.5 Å². The molecular formula is C19H21N3O. The van der Waals surface area contributed by atoms with Gasteiger partial charge >= 0.3 is 0 Å². The Morgan fingerprint density at radius 2 is 1.87 bits per heavy atom. The van der Waals surface area contributed by atoms with Crippen LogP contribution in [0, 0.1) is 0 Å². The smallest absolute Gasteiger partial charge is 0.142 e. The van der Waals surface area contributed by atoms with E-state index >= 15 is 0 Å². The molecule has 0 aliphatic rings. The van der Waals surface area contributed by atoms with E-state index in [9.17, 15) is 0 Å². The van der Waals surface area contributed by atoms with Gasteiger partial charge in [-0.2, -0.15) is 5.10 Å². The first-order chi connectivity index (χ1) is 11.1. The highest BCUT2D eigenvalue weighted by atomic mass is 16.5. The highest BCUT2D eigenvalue weighted by Crippen LogP contribution is 2.30. The fourth-order valence-electron chi connectivity index (χ4n) is 2.53. The molecule has 0 atom stereocenters. The minimum Gasteiger partial charge on any atom is -0.487 e. The molecule has 0 aliphatic carbocycles. The van der Waals surface area contributed by atoms with Crippen LogP contribution in [0.1, 0.15) is 25.5 Å². The average molecular weight is 307 g/mol. The predicted octanol–water partition coefficient (Wildman–Crippen LogP) is 4.29. The van der Waals surface area contributed by atoms with Gasteiger partial charge in [0.25, 0.3) is 0 Å². The van der Waals surface area contributed by atoms with Gasteiger partial charge in [-0.3, -0.25) is 4.68 Å². The van der Waals surface area contributed by atoms with Crippen LogP contribution in [0.4, 0.5) is 5.69 Å². The zero-order valence-electron chi connectivity index (χ0n) is 13.4. The monoisotopic (exact) mass is 307 g/mol. The lowest BCUT2D eigenvalue weighted by molar-refractivity contribution is 0.308. The zero-order valence-corrected chi connectivity index (χ0v) is 13.4. The Morgan fingerprint density at radius 1 is 1.09 bits per heavy atom. The van der Waals surface area contributed by atoms with Crippen molar-refractivity contribution < 1.29 is 4.74 Å². The molecule has 1 heterocycles. The number of ether oxygens (including phenoxy) is 1. The molecule has 3 aromatic rings. The fraction of sp³-hybridized carbons (Fsp3) is 0.211. The van der Waals surface area contributed by atoms with Gasteiger partial charge in [-0.05, 0) is 43.7 Å². The van der Waals surface area contributed by atoms with E-state index in [1.807, 2.05) is 65.5 Å². The van der Waals surface area contributed by atoms with Crippen LogP contribution in [0.25, 0.3) is 11.3 Å². The van der Waals surface area contributed by atoms with E-state index in [-0.39, 0.29) is 0 Å². The Labute approximate surface area is 136 Å². The summed E-state index contributed by atoms with van der Waals surface area (Å²) in [7, 11) is 0. The summed E-state index contributed by atoms with van der Waals surface area (Å²) >= 11 is 0. The van der Waals surface area contributed by atoms with Gasteiger partial charge in [0.1, 0.15) is 12.4 Å². The van der Waals surface area contributed by atoms with Crippen molar-refractivity contribution in [2.45, 2.75) is 26.5 Å². The molecular weight excluding hydrogens is 286 g/mol. The highest BCUT2D eigenvalue weighted by molar-refractivity contribution is 5.68. The first-order valence-electron chi connectivity index (χ1n) is 7.75. The van der Waals surface area contributed by atoms with Crippen molar-refractivity contribution in [3.05, 3.63) is 66.4 Å². The van der Waals surface area contributed by atoms with E-state index in [2.05, 4.69) is 18.9 Å². The Morgan fingerprint density at radius 3 is 2.57 bits per heavy atom. The third-order valence-electron chi connectivity index (χ3n) is 3.70. The highest BCUT2D eigenvalue weighted by Gasteiger charge is 2.10. The molecule has 0 aliphatic heterocycles. The second kappa shape index (κ2) is 6.57. The lowest BCUT2D eigenvalue weighted by atomic mass is 10.1. The van der Waals surface area contributed by atoms with E-state index in [0.29, 0.717) is 24.1 Å². The van der Waals surface area contributed by atoms with E-state index in [1.165, 1.54) is 0 Å². The Bertz CT molecular complexity index is 778. The van der Waals surface area contributed by atoms with Crippen molar-refractivity contribution in [2.75, 3.05) is 5.73 Å². The molecule has 4 nitrogen and oxygen atoms in total. The van der Waals surface area contributed by atoms with Crippen molar-refractivity contribution in [3.8, 4) is 17.0 Å². The molecule has 0 saturated heterocycles. The Hall–Kier alpha value is -2.75. The van der Waals surface area contributed by atoms with Crippen molar-refractivity contribution in [2.24, 2.45) is 0 Å². The molecule has 0 amide bonds. The average Bonchev–Trinajstić information content (AvgIpc) is 3.04. The molecule has 3 rings (SSSR count). The van der Waals surface area contributed by atoms with Crippen LogP contribution in [0.3, 0.4) is 0 Å². The number of aromatic nitrogens is 2. The molecule has 0 bridgehead atoms. The first kappa shape index (κ1) is 15.2. The lowest BCUT2D eigenvalue weighted by Gasteiger charge is -2.13. The summed E-state index contributed by atoms with van der Waals surface area (Å²) in [4.78, 5) is 0. The first-order valence-corrected chi connectivity index (χ1v) is 7.75. The van der Waals surface area contributed by atoms with Crippen molar-refractivity contribution in [1.29, 1.82) is 0 Å². The number of nitrogen functional groups attached to an aromatic ring is 1. The summed E-state index contributed by atoms with van der Waals surface area (Å²) in [6.07, 6.45) is 1.81. The van der Waals surface area contributed by atoms with Gasteiger partial charge in [-0.15, -0.1) is 0 Å². The standard InChI is InChI=1S/C19H21N3O/c1-14(2)22-18(10-11-21-22)16-8-9-19(17(20)12-16)23-13-15-6-4-3-5-7-15/h3-12,14H,13,20H2,1-2H3. The largest absolute Gasteiger partial charge is 0.487 e. The summed E-state index contributed by atoms with van der Waals surface area (Å²) in [5.74, 6) is 0.702. The van der Waals surface area contributed by atoms with E-state index in [0.717, 1.165) is 16.8 Å². The fourth-order valence-corrected chi connectivity index (χ4v) is 2.53. The van der Waals surface area contributed by atoms with E-state index in [4.69, 9.17) is 10.5 Å². The minimum atomic E-state index is 0.301. The van der Waals surface area contributed by atoms with Gasteiger partial charge in [0, 0.05) is 17.8 Å². The van der Waals surface area contributed by atoms with E-state index in [1.54, 1.807) is 0 Å². The van der Waals surface area contributed by atoms with E-state index < -0.39 is 0 Å². The van der Waals surface area contributed by atoms with Gasteiger partial charge in [0.05, 0.1) is 11.4 Å². The zero-order chi connectivity index (χ0) is 16.2. The summed E-state index contributed by atoms with van der Waals surface area (Å²) in [6.45, 7) is 4.72. The van der Waals surface area contributed by atoms with Crippen LogP contribution in [0.5, 0.6) is 5.75 Å². The number of hydrogen-bond acceptors (Lipinski definition) is 3. The third-order valence-corrected chi connectivity index (χ3v) is 3.70. The molecule has 2 aromatic carbocycles. The molecule has 23 heavy (non-hydrogen) atoms. The summed E-state index contributed by atoms with van der Waals surface area (Å²) < 4.78 is 7.81. The van der Waals surface area contributed by atoms with Crippen LogP contribution >= 0.6 is 0 Å². The topological polar surface area (TPSA) is 53.1 Å². The Balaban J connectivity index is 1.79. The molecule has 0 saturated carbocycles. The van der Waals surface area contributed by atoms with Crippen molar-refractivity contribution >= 4 is 5.69 Å². The van der Waals surface area contributed by atoms with Gasteiger partial charge in [-0.25, -0.2) is 0 Å². The number of rotatable bonds is 5. The predicted molar refractivity (Wildman–Crippen MR) is 93.2 cm³/mol. The third kappa shape index (κ3) is 3.37.